The van der Waals surface area contributed by atoms with Crippen LogP contribution in [0.15, 0.2) is 53.7 Å². The molecular weight excluding hydrogens is 466 g/mol. The highest BCUT2D eigenvalue weighted by atomic mass is 32.2. The molecule has 9 heteroatoms. The van der Waals surface area contributed by atoms with Gasteiger partial charge in [-0.3, -0.25) is 4.79 Å². The third kappa shape index (κ3) is 5.66. The van der Waals surface area contributed by atoms with E-state index < -0.39 is 0 Å². The van der Waals surface area contributed by atoms with Gasteiger partial charge in [0.1, 0.15) is 12.4 Å². The molecule has 2 aromatic heterocycles. The molecule has 0 aliphatic carbocycles. The van der Waals surface area contributed by atoms with Gasteiger partial charge in [-0.1, -0.05) is 54.2 Å². The SMILES string of the molecule is CCn1c(COc2cc(C)ccc2C)nnc1SCC(=O)Nc1nc(-c2ccccc2)c(C)s1. The highest BCUT2D eigenvalue weighted by molar-refractivity contribution is 7.99. The number of benzene rings is 2. The minimum atomic E-state index is -0.128. The number of thioether (sulfide) groups is 1. The van der Waals surface area contributed by atoms with E-state index >= 15 is 0 Å². The predicted molar refractivity (Wildman–Crippen MR) is 138 cm³/mol. The van der Waals surface area contributed by atoms with Gasteiger partial charge in [0, 0.05) is 17.0 Å². The summed E-state index contributed by atoms with van der Waals surface area (Å²) < 4.78 is 7.97. The van der Waals surface area contributed by atoms with Crippen molar-refractivity contribution in [3.8, 4) is 17.0 Å². The fourth-order valence-corrected chi connectivity index (χ4v) is 5.13. The zero-order valence-electron chi connectivity index (χ0n) is 19.7. The average molecular weight is 494 g/mol. The van der Waals surface area contributed by atoms with Gasteiger partial charge in [-0.2, -0.15) is 0 Å². The van der Waals surface area contributed by atoms with Crippen LogP contribution >= 0.6 is 23.1 Å². The highest BCUT2D eigenvalue weighted by Gasteiger charge is 2.16. The molecule has 34 heavy (non-hydrogen) atoms. The summed E-state index contributed by atoms with van der Waals surface area (Å²) in [6.07, 6.45) is 0. The molecule has 0 aliphatic heterocycles. The normalized spacial score (nSPS) is 10.9. The van der Waals surface area contributed by atoms with E-state index in [0.717, 1.165) is 38.8 Å². The van der Waals surface area contributed by atoms with Crippen molar-refractivity contribution in [2.45, 2.75) is 46.0 Å². The standard InChI is InChI=1S/C25H27N5O2S2/c1-5-30-21(14-32-20-13-16(2)11-12-17(20)3)28-29-25(30)33-15-22(31)26-24-27-23(18(4)34-24)19-9-7-6-8-10-19/h6-13H,5,14-15H2,1-4H3,(H,26,27,31). The summed E-state index contributed by atoms with van der Waals surface area (Å²) in [5.41, 5.74) is 4.16. The maximum Gasteiger partial charge on any atom is 0.236 e. The maximum atomic E-state index is 12.6. The molecule has 2 heterocycles. The summed E-state index contributed by atoms with van der Waals surface area (Å²) in [4.78, 5) is 18.3. The quantitative estimate of drug-likeness (QED) is 0.303. The van der Waals surface area contributed by atoms with Gasteiger partial charge in [0.25, 0.3) is 0 Å². The lowest BCUT2D eigenvalue weighted by molar-refractivity contribution is -0.113. The Balaban J connectivity index is 1.36. The fourth-order valence-electron chi connectivity index (χ4n) is 3.45. The molecule has 0 unspecified atom stereocenters. The van der Waals surface area contributed by atoms with Crippen molar-refractivity contribution < 1.29 is 9.53 Å². The van der Waals surface area contributed by atoms with Crippen LogP contribution in [0, 0.1) is 20.8 Å². The first kappa shape index (κ1) is 24.0. The number of anilines is 1. The van der Waals surface area contributed by atoms with E-state index in [0.29, 0.717) is 23.4 Å². The first-order valence-electron chi connectivity index (χ1n) is 11.0. The van der Waals surface area contributed by atoms with Gasteiger partial charge in [0.15, 0.2) is 16.1 Å². The van der Waals surface area contributed by atoms with Crippen LogP contribution in [0.25, 0.3) is 11.3 Å². The van der Waals surface area contributed by atoms with Crippen molar-refractivity contribution in [1.29, 1.82) is 0 Å². The number of carbonyl (C=O) groups excluding carboxylic acids is 1. The van der Waals surface area contributed by atoms with Crippen molar-refractivity contribution in [1.82, 2.24) is 19.7 Å². The summed E-state index contributed by atoms with van der Waals surface area (Å²) in [5.74, 6) is 1.66. The van der Waals surface area contributed by atoms with Gasteiger partial charge in [-0.05, 0) is 44.9 Å². The zero-order valence-corrected chi connectivity index (χ0v) is 21.3. The van der Waals surface area contributed by atoms with E-state index in [1.54, 1.807) is 0 Å². The average Bonchev–Trinajstić information content (AvgIpc) is 3.40. The molecule has 7 nitrogen and oxygen atoms in total. The summed E-state index contributed by atoms with van der Waals surface area (Å²) in [6.45, 7) is 9.10. The number of ether oxygens (including phenoxy) is 1. The monoisotopic (exact) mass is 493 g/mol. The van der Waals surface area contributed by atoms with Crippen LogP contribution in [0.5, 0.6) is 5.75 Å². The molecule has 1 amide bonds. The highest BCUT2D eigenvalue weighted by Crippen LogP contribution is 2.30. The van der Waals surface area contributed by atoms with Crippen LogP contribution in [-0.2, 0) is 17.9 Å². The van der Waals surface area contributed by atoms with Gasteiger partial charge >= 0.3 is 0 Å². The maximum absolute atomic E-state index is 12.6. The molecule has 1 N–H and O–H groups in total. The fraction of sp³-hybridized carbons (Fsp3) is 0.280. The molecule has 0 aliphatic rings. The van der Waals surface area contributed by atoms with E-state index in [9.17, 15) is 4.79 Å². The molecular formula is C25H27N5O2S2. The van der Waals surface area contributed by atoms with Gasteiger partial charge in [0.05, 0.1) is 11.4 Å². The number of hydrogen-bond donors (Lipinski definition) is 1. The van der Waals surface area contributed by atoms with Gasteiger partial charge in [-0.15, -0.1) is 21.5 Å². The van der Waals surface area contributed by atoms with Crippen LogP contribution in [-0.4, -0.2) is 31.4 Å². The van der Waals surface area contributed by atoms with Gasteiger partial charge in [-0.25, -0.2) is 4.98 Å². The first-order valence-corrected chi connectivity index (χ1v) is 12.8. The van der Waals surface area contributed by atoms with E-state index in [4.69, 9.17) is 4.74 Å². The second kappa shape index (κ2) is 10.8. The van der Waals surface area contributed by atoms with Crippen molar-refractivity contribution in [3.63, 3.8) is 0 Å². The second-order valence-electron chi connectivity index (χ2n) is 7.83. The van der Waals surface area contributed by atoms with E-state index in [-0.39, 0.29) is 11.7 Å². The molecule has 0 atom stereocenters. The number of nitrogens with zero attached hydrogens (tertiary/aromatic N) is 4. The number of rotatable bonds is 9. The van der Waals surface area contributed by atoms with Crippen molar-refractivity contribution >= 4 is 34.1 Å². The van der Waals surface area contributed by atoms with Crippen molar-refractivity contribution in [2.75, 3.05) is 11.1 Å². The van der Waals surface area contributed by atoms with E-state index in [2.05, 4.69) is 26.6 Å². The second-order valence-corrected chi connectivity index (χ2v) is 9.97. The Morgan fingerprint density at radius 3 is 2.68 bits per heavy atom. The minimum Gasteiger partial charge on any atom is -0.485 e. The van der Waals surface area contributed by atoms with Crippen LogP contribution in [0.4, 0.5) is 5.13 Å². The third-order valence-electron chi connectivity index (χ3n) is 5.23. The zero-order chi connectivity index (χ0) is 24.1. The minimum absolute atomic E-state index is 0.128. The Hall–Kier alpha value is -3.17. The predicted octanol–water partition coefficient (Wildman–Crippen LogP) is 5.66. The molecule has 0 bridgehead atoms. The Labute approximate surface area is 207 Å². The first-order chi connectivity index (χ1) is 16.4. The molecule has 0 saturated heterocycles. The lowest BCUT2D eigenvalue weighted by atomic mass is 10.1. The number of aryl methyl sites for hydroxylation is 3. The topological polar surface area (TPSA) is 81.9 Å². The third-order valence-corrected chi connectivity index (χ3v) is 7.09. The van der Waals surface area contributed by atoms with Crippen LogP contribution in [0.3, 0.4) is 0 Å². The van der Waals surface area contributed by atoms with Crippen molar-refractivity contribution in [3.05, 3.63) is 70.4 Å². The summed E-state index contributed by atoms with van der Waals surface area (Å²) in [5, 5.41) is 12.8. The number of thiazole rings is 1. The molecule has 0 spiro atoms. The number of hydrogen-bond acceptors (Lipinski definition) is 7. The summed E-state index contributed by atoms with van der Waals surface area (Å²) in [6, 6.07) is 16.1. The van der Waals surface area contributed by atoms with Gasteiger partial charge in [0.2, 0.25) is 5.91 Å². The number of nitrogens with one attached hydrogen (secondary N) is 1. The Kier molecular flexibility index (Phi) is 7.64. The molecule has 0 radical (unpaired) electrons. The molecule has 4 aromatic rings. The van der Waals surface area contributed by atoms with E-state index in [1.807, 2.05) is 74.7 Å². The van der Waals surface area contributed by atoms with E-state index in [1.165, 1.54) is 23.1 Å². The molecule has 2 aromatic carbocycles. The number of aromatic nitrogens is 4. The molecule has 0 fully saturated rings. The molecule has 4 rings (SSSR count). The van der Waals surface area contributed by atoms with Crippen molar-refractivity contribution in [2.24, 2.45) is 0 Å². The lowest BCUT2D eigenvalue weighted by Crippen LogP contribution is -2.14. The van der Waals surface area contributed by atoms with Crippen LogP contribution in [0.2, 0.25) is 0 Å². The summed E-state index contributed by atoms with van der Waals surface area (Å²) in [7, 11) is 0. The van der Waals surface area contributed by atoms with Gasteiger partial charge < -0.3 is 14.6 Å². The molecule has 176 valence electrons. The Morgan fingerprint density at radius 2 is 1.91 bits per heavy atom. The Bertz CT molecular complexity index is 1280. The Morgan fingerprint density at radius 1 is 1.12 bits per heavy atom. The largest absolute Gasteiger partial charge is 0.485 e. The number of amides is 1. The lowest BCUT2D eigenvalue weighted by Gasteiger charge is -2.11. The summed E-state index contributed by atoms with van der Waals surface area (Å²) >= 11 is 2.83. The van der Waals surface area contributed by atoms with Crippen LogP contribution in [0.1, 0.15) is 28.8 Å². The smallest absolute Gasteiger partial charge is 0.236 e. The van der Waals surface area contributed by atoms with Crippen LogP contribution < -0.4 is 10.1 Å². The molecule has 0 saturated carbocycles. The number of carbonyl (C=O) groups is 1.